The number of aromatic nitrogens is 1. The van der Waals surface area contributed by atoms with Crippen LogP contribution in [0.4, 0.5) is 5.69 Å². The van der Waals surface area contributed by atoms with Crippen LogP contribution in [0.2, 0.25) is 0 Å². The van der Waals surface area contributed by atoms with E-state index in [-0.39, 0.29) is 11.6 Å². The predicted molar refractivity (Wildman–Crippen MR) is 123 cm³/mol. The van der Waals surface area contributed by atoms with Crippen molar-refractivity contribution in [2.75, 3.05) is 19.0 Å². The van der Waals surface area contributed by atoms with E-state index >= 15 is 0 Å². The minimum absolute atomic E-state index is 0.0818. The molecular weight excluding hydrogens is 390 g/mol. The summed E-state index contributed by atoms with van der Waals surface area (Å²) in [6, 6.07) is 19.8. The van der Waals surface area contributed by atoms with E-state index in [1.54, 1.807) is 54.9 Å². The summed E-state index contributed by atoms with van der Waals surface area (Å²) >= 11 is 0. The number of amides is 2. The molecule has 1 heterocycles. The van der Waals surface area contributed by atoms with Crippen molar-refractivity contribution in [2.24, 2.45) is 5.10 Å². The third-order valence-corrected chi connectivity index (χ3v) is 4.34. The molecule has 2 amide bonds. The molecule has 156 valence electrons. The number of pyridine rings is 1. The summed E-state index contributed by atoms with van der Waals surface area (Å²) in [5.74, 6) is -0.920. The number of nitrogens with one attached hydrogen (secondary N) is 2. The van der Waals surface area contributed by atoms with E-state index in [9.17, 15) is 9.59 Å². The van der Waals surface area contributed by atoms with Crippen molar-refractivity contribution in [3.8, 4) is 0 Å². The highest BCUT2D eigenvalue weighted by atomic mass is 16.2. The van der Waals surface area contributed by atoms with Gasteiger partial charge in [0.2, 0.25) is 0 Å². The molecule has 0 saturated heterocycles. The van der Waals surface area contributed by atoms with Crippen molar-refractivity contribution < 1.29 is 9.59 Å². The van der Waals surface area contributed by atoms with Crippen LogP contribution in [-0.2, 0) is 4.79 Å². The lowest BCUT2D eigenvalue weighted by Gasteiger charge is -2.12. The van der Waals surface area contributed by atoms with E-state index in [0.29, 0.717) is 5.56 Å². The Morgan fingerprint density at radius 3 is 2.23 bits per heavy atom. The summed E-state index contributed by atoms with van der Waals surface area (Å²) in [4.78, 5) is 31.3. The van der Waals surface area contributed by atoms with Crippen LogP contribution in [0.15, 0.2) is 89.9 Å². The summed E-state index contributed by atoms with van der Waals surface area (Å²) in [5.41, 5.74) is 5.56. The van der Waals surface area contributed by atoms with Crippen molar-refractivity contribution in [3.05, 3.63) is 102 Å². The number of hydrazone groups is 1. The molecule has 0 aliphatic heterocycles. The lowest BCUT2D eigenvalue weighted by Crippen LogP contribution is -2.32. The average molecular weight is 413 g/mol. The number of hydrogen-bond acceptors (Lipinski definition) is 5. The van der Waals surface area contributed by atoms with Crippen LogP contribution in [0.3, 0.4) is 0 Å². The van der Waals surface area contributed by atoms with Crippen molar-refractivity contribution in [1.82, 2.24) is 15.7 Å². The Hall–Kier alpha value is -4.26. The first-order chi connectivity index (χ1) is 15.0. The molecule has 0 unspecified atom stereocenters. The van der Waals surface area contributed by atoms with E-state index in [0.717, 1.165) is 16.8 Å². The first-order valence-electron chi connectivity index (χ1n) is 9.62. The second kappa shape index (κ2) is 10.5. The summed E-state index contributed by atoms with van der Waals surface area (Å²) in [6.45, 7) is 0. The molecule has 0 aliphatic carbocycles. The number of carbonyl (C=O) groups is 2. The molecule has 3 aromatic rings. The van der Waals surface area contributed by atoms with Gasteiger partial charge in [-0.15, -0.1) is 0 Å². The molecule has 7 nitrogen and oxygen atoms in total. The highest BCUT2D eigenvalue weighted by Gasteiger charge is 2.14. The molecule has 0 fully saturated rings. The van der Waals surface area contributed by atoms with E-state index in [1.807, 2.05) is 49.3 Å². The van der Waals surface area contributed by atoms with E-state index in [1.165, 1.54) is 6.21 Å². The van der Waals surface area contributed by atoms with Gasteiger partial charge < -0.3 is 10.2 Å². The van der Waals surface area contributed by atoms with Gasteiger partial charge in [-0.25, -0.2) is 5.43 Å². The van der Waals surface area contributed by atoms with Crippen LogP contribution < -0.4 is 15.6 Å². The first-order valence-corrected chi connectivity index (χ1v) is 9.62. The third-order valence-electron chi connectivity index (χ3n) is 4.34. The lowest BCUT2D eigenvalue weighted by molar-refractivity contribution is -0.117. The van der Waals surface area contributed by atoms with E-state index in [2.05, 4.69) is 20.8 Å². The number of benzene rings is 2. The Morgan fingerprint density at radius 1 is 0.903 bits per heavy atom. The molecule has 1 aromatic heterocycles. The van der Waals surface area contributed by atoms with E-state index < -0.39 is 5.91 Å². The van der Waals surface area contributed by atoms with Gasteiger partial charge in [-0.2, -0.15) is 5.10 Å². The summed E-state index contributed by atoms with van der Waals surface area (Å²) in [6.07, 6.45) is 6.37. The predicted octanol–water partition coefficient (Wildman–Crippen LogP) is 3.07. The molecule has 0 atom stereocenters. The summed E-state index contributed by atoms with van der Waals surface area (Å²) in [5, 5.41) is 6.65. The van der Waals surface area contributed by atoms with Crippen molar-refractivity contribution in [3.63, 3.8) is 0 Å². The molecule has 2 aromatic carbocycles. The summed E-state index contributed by atoms with van der Waals surface area (Å²) < 4.78 is 0. The molecule has 2 N–H and O–H groups in total. The SMILES string of the molecule is CN(C)c1ccc(/C=C(\NC(=O)c2ccccc2)C(=O)N/N=C/c2ccncc2)cc1. The zero-order valence-electron chi connectivity index (χ0n) is 17.3. The van der Waals surface area contributed by atoms with Crippen LogP contribution in [0.25, 0.3) is 6.08 Å². The van der Waals surface area contributed by atoms with Crippen LogP contribution in [0.5, 0.6) is 0 Å². The van der Waals surface area contributed by atoms with Crippen LogP contribution in [0, 0.1) is 0 Å². The maximum absolute atomic E-state index is 12.8. The quantitative estimate of drug-likeness (QED) is 0.354. The van der Waals surface area contributed by atoms with Gasteiger partial charge in [-0.1, -0.05) is 30.3 Å². The number of nitrogens with zero attached hydrogens (tertiary/aromatic N) is 3. The average Bonchev–Trinajstić information content (AvgIpc) is 2.80. The molecule has 0 aliphatic rings. The van der Waals surface area contributed by atoms with Crippen LogP contribution in [-0.4, -0.2) is 37.1 Å². The molecule has 31 heavy (non-hydrogen) atoms. The second-order valence-electron chi connectivity index (χ2n) is 6.84. The topological polar surface area (TPSA) is 86.7 Å². The van der Waals surface area contributed by atoms with Crippen molar-refractivity contribution in [1.29, 1.82) is 0 Å². The zero-order chi connectivity index (χ0) is 22.1. The molecule has 0 spiro atoms. The monoisotopic (exact) mass is 413 g/mol. The first kappa shape index (κ1) is 21.4. The summed E-state index contributed by atoms with van der Waals surface area (Å²) in [7, 11) is 3.90. The highest BCUT2D eigenvalue weighted by molar-refractivity contribution is 6.05. The number of anilines is 1. The normalized spacial score (nSPS) is 11.2. The van der Waals surface area contributed by atoms with E-state index in [4.69, 9.17) is 0 Å². The van der Waals surface area contributed by atoms with Crippen LogP contribution >= 0.6 is 0 Å². The maximum atomic E-state index is 12.8. The Kier molecular flexibility index (Phi) is 7.26. The Balaban J connectivity index is 1.81. The molecule has 0 radical (unpaired) electrons. The fourth-order valence-corrected chi connectivity index (χ4v) is 2.65. The van der Waals surface area contributed by atoms with Crippen molar-refractivity contribution >= 4 is 29.8 Å². The zero-order valence-corrected chi connectivity index (χ0v) is 17.3. The Morgan fingerprint density at radius 2 is 1.58 bits per heavy atom. The molecule has 0 saturated carbocycles. The smallest absolute Gasteiger partial charge is 0.287 e. The van der Waals surface area contributed by atoms with Crippen molar-refractivity contribution in [2.45, 2.75) is 0 Å². The van der Waals surface area contributed by atoms with Gasteiger partial charge in [0, 0.05) is 37.7 Å². The second-order valence-corrected chi connectivity index (χ2v) is 6.84. The Labute approximate surface area is 181 Å². The minimum Gasteiger partial charge on any atom is -0.378 e. The standard InChI is InChI=1S/C24H23N5O2/c1-29(2)21-10-8-18(9-11-21)16-22(27-23(30)20-6-4-3-5-7-20)24(31)28-26-17-19-12-14-25-15-13-19/h3-17H,1-2H3,(H,27,30)(H,28,31)/b22-16-,26-17+. The minimum atomic E-state index is -0.536. The number of rotatable bonds is 7. The maximum Gasteiger partial charge on any atom is 0.287 e. The Bertz CT molecular complexity index is 1080. The third kappa shape index (κ3) is 6.37. The van der Waals surface area contributed by atoms with Gasteiger partial charge in [0.25, 0.3) is 11.8 Å². The largest absolute Gasteiger partial charge is 0.378 e. The fourth-order valence-electron chi connectivity index (χ4n) is 2.65. The van der Waals surface area contributed by atoms with Gasteiger partial charge in [-0.3, -0.25) is 14.6 Å². The fraction of sp³-hybridized carbons (Fsp3) is 0.0833. The molecular formula is C24H23N5O2. The lowest BCUT2D eigenvalue weighted by atomic mass is 10.1. The van der Waals surface area contributed by atoms with Crippen LogP contribution in [0.1, 0.15) is 21.5 Å². The molecule has 7 heteroatoms. The van der Waals surface area contributed by atoms with Gasteiger partial charge in [-0.05, 0) is 53.6 Å². The van der Waals surface area contributed by atoms with Gasteiger partial charge in [0.1, 0.15) is 5.70 Å². The van der Waals surface area contributed by atoms with Gasteiger partial charge in [0.15, 0.2) is 0 Å². The number of hydrogen-bond donors (Lipinski definition) is 2. The molecule has 3 rings (SSSR count). The highest BCUT2D eigenvalue weighted by Crippen LogP contribution is 2.14. The van der Waals surface area contributed by atoms with Gasteiger partial charge in [0.05, 0.1) is 6.21 Å². The molecule has 0 bridgehead atoms. The van der Waals surface area contributed by atoms with Gasteiger partial charge >= 0.3 is 0 Å². The number of carbonyl (C=O) groups excluding carboxylic acids is 2.